The molecule has 0 aliphatic rings. The molecule has 0 unspecified atom stereocenters. The molecule has 0 radical (unpaired) electrons. The van der Waals surface area contributed by atoms with E-state index in [2.05, 4.69) is 5.32 Å². The molecule has 0 saturated heterocycles. The van der Waals surface area contributed by atoms with Gasteiger partial charge in [0.2, 0.25) is 5.91 Å². The van der Waals surface area contributed by atoms with Gasteiger partial charge in [-0.3, -0.25) is 4.79 Å². The number of aromatic nitrogens is 1. The van der Waals surface area contributed by atoms with Gasteiger partial charge < -0.3 is 14.6 Å². The lowest BCUT2D eigenvalue weighted by atomic mass is 10.1. The molecule has 0 aliphatic carbocycles. The lowest BCUT2D eigenvalue weighted by Crippen LogP contribution is -2.15. The van der Waals surface area contributed by atoms with E-state index in [1.807, 2.05) is 49.0 Å². The minimum atomic E-state index is -0.445. The molecule has 0 spiro atoms. The molecule has 0 saturated carbocycles. The third-order valence-corrected chi connectivity index (χ3v) is 4.81. The number of rotatable bonds is 4. The number of aryl methyl sites for hydroxylation is 2. The van der Waals surface area contributed by atoms with Crippen LogP contribution in [0.25, 0.3) is 10.9 Å². The molecule has 124 valence electrons. The van der Waals surface area contributed by atoms with Gasteiger partial charge in [0.1, 0.15) is 5.00 Å². The Labute approximate surface area is 143 Å². The number of hydrogen-bond donors (Lipinski definition) is 1. The van der Waals surface area contributed by atoms with E-state index >= 15 is 0 Å². The van der Waals surface area contributed by atoms with Crippen LogP contribution in [-0.4, -0.2) is 23.6 Å². The van der Waals surface area contributed by atoms with E-state index in [1.165, 1.54) is 18.4 Å². The molecular weight excluding hydrogens is 324 g/mol. The van der Waals surface area contributed by atoms with E-state index in [0.717, 1.165) is 21.3 Å². The predicted octanol–water partition coefficient (Wildman–Crippen LogP) is 3.52. The maximum atomic E-state index is 12.4. The number of nitrogens with zero attached hydrogens (tertiary/aromatic N) is 1. The molecule has 2 heterocycles. The van der Waals surface area contributed by atoms with Gasteiger partial charge in [-0.2, -0.15) is 0 Å². The SMILES string of the molecule is COC(=O)c1cc(C)sc1NC(=O)Cc1cn(C)c2ccccc12. The van der Waals surface area contributed by atoms with Crippen molar-refractivity contribution in [2.75, 3.05) is 12.4 Å². The zero-order valence-electron chi connectivity index (χ0n) is 13.8. The summed E-state index contributed by atoms with van der Waals surface area (Å²) in [6.07, 6.45) is 2.21. The topological polar surface area (TPSA) is 60.3 Å². The fourth-order valence-corrected chi connectivity index (χ4v) is 3.69. The minimum absolute atomic E-state index is 0.154. The zero-order chi connectivity index (χ0) is 17.3. The number of nitrogens with one attached hydrogen (secondary N) is 1. The molecule has 1 N–H and O–H groups in total. The van der Waals surface area contributed by atoms with Gasteiger partial charge in [-0.1, -0.05) is 18.2 Å². The summed E-state index contributed by atoms with van der Waals surface area (Å²) in [5, 5.41) is 4.43. The summed E-state index contributed by atoms with van der Waals surface area (Å²) < 4.78 is 6.77. The second-order valence-corrected chi connectivity index (χ2v) is 6.86. The Kier molecular flexibility index (Phi) is 4.40. The highest BCUT2D eigenvalue weighted by atomic mass is 32.1. The van der Waals surface area contributed by atoms with Crippen LogP contribution < -0.4 is 5.32 Å². The van der Waals surface area contributed by atoms with Crippen molar-refractivity contribution >= 4 is 39.1 Å². The molecule has 0 bridgehead atoms. The Morgan fingerprint density at radius 1 is 1.29 bits per heavy atom. The molecule has 0 fully saturated rings. The lowest BCUT2D eigenvalue weighted by Gasteiger charge is -2.05. The van der Waals surface area contributed by atoms with Gasteiger partial charge >= 0.3 is 5.97 Å². The third-order valence-electron chi connectivity index (χ3n) is 3.84. The van der Waals surface area contributed by atoms with E-state index in [4.69, 9.17) is 4.74 Å². The summed E-state index contributed by atoms with van der Waals surface area (Å²) in [5.74, 6) is -0.599. The first kappa shape index (κ1) is 16.3. The fourth-order valence-electron chi connectivity index (χ4n) is 2.78. The van der Waals surface area contributed by atoms with Crippen LogP contribution in [0.3, 0.4) is 0 Å². The average Bonchev–Trinajstić information content (AvgIpc) is 3.07. The van der Waals surface area contributed by atoms with Gasteiger partial charge in [0.05, 0.1) is 19.1 Å². The fraction of sp³-hybridized carbons (Fsp3) is 0.222. The van der Waals surface area contributed by atoms with E-state index in [9.17, 15) is 9.59 Å². The molecule has 24 heavy (non-hydrogen) atoms. The maximum absolute atomic E-state index is 12.4. The van der Waals surface area contributed by atoms with E-state index in [-0.39, 0.29) is 12.3 Å². The van der Waals surface area contributed by atoms with Gasteiger partial charge in [0.25, 0.3) is 0 Å². The number of ether oxygens (including phenoxy) is 1. The number of anilines is 1. The Balaban J connectivity index is 1.82. The summed E-state index contributed by atoms with van der Waals surface area (Å²) in [6.45, 7) is 1.89. The van der Waals surface area contributed by atoms with E-state index in [1.54, 1.807) is 6.07 Å². The zero-order valence-corrected chi connectivity index (χ0v) is 14.6. The van der Waals surface area contributed by atoms with Crippen LogP contribution in [0.15, 0.2) is 36.5 Å². The summed E-state index contributed by atoms with van der Waals surface area (Å²) in [7, 11) is 3.29. The first-order chi connectivity index (χ1) is 11.5. The predicted molar refractivity (Wildman–Crippen MR) is 95.6 cm³/mol. The summed E-state index contributed by atoms with van der Waals surface area (Å²) in [5.41, 5.74) is 2.44. The first-order valence-electron chi connectivity index (χ1n) is 7.51. The smallest absolute Gasteiger partial charge is 0.340 e. The number of carbonyl (C=O) groups excluding carboxylic acids is 2. The Morgan fingerprint density at radius 2 is 2.04 bits per heavy atom. The van der Waals surface area contributed by atoms with Crippen LogP contribution in [0, 0.1) is 6.92 Å². The molecule has 0 aliphatic heterocycles. The Morgan fingerprint density at radius 3 is 2.79 bits per heavy atom. The molecule has 5 nitrogen and oxygen atoms in total. The largest absolute Gasteiger partial charge is 0.465 e. The summed E-state index contributed by atoms with van der Waals surface area (Å²) in [4.78, 5) is 25.2. The van der Waals surface area contributed by atoms with Crippen molar-refractivity contribution in [1.82, 2.24) is 4.57 Å². The van der Waals surface area contributed by atoms with Crippen LogP contribution >= 0.6 is 11.3 Å². The number of amides is 1. The van der Waals surface area contributed by atoms with Gasteiger partial charge in [0, 0.05) is 29.0 Å². The van der Waals surface area contributed by atoms with Crippen molar-refractivity contribution in [2.45, 2.75) is 13.3 Å². The highest BCUT2D eigenvalue weighted by Crippen LogP contribution is 2.29. The van der Waals surface area contributed by atoms with Crippen LogP contribution in [-0.2, 0) is 23.0 Å². The molecule has 1 aromatic carbocycles. The minimum Gasteiger partial charge on any atom is -0.465 e. The van der Waals surface area contributed by atoms with Gasteiger partial charge in [0.15, 0.2) is 0 Å². The van der Waals surface area contributed by atoms with E-state index in [0.29, 0.717) is 10.6 Å². The molecule has 3 aromatic rings. The highest BCUT2D eigenvalue weighted by Gasteiger charge is 2.18. The van der Waals surface area contributed by atoms with Crippen molar-refractivity contribution in [3.05, 3.63) is 52.5 Å². The standard InChI is InChI=1S/C18H18N2O3S/c1-11-8-14(18(22)23-3)17(24-11)19-16(21)9-12-10-20(2)15-7-5-4-6-13(12)15/h4-8,10H,9H2,1-3H3,(H,19,21). The number of methoxy groups -OCH3 is 1. The molecule has 6 heteroatoms. The number of fused-ring (bicyclic) bond motifs is 1. The monoisotopic (exact) mass is 342 g/mol. The van der Waals surface area contributed by atoms with Gasteiger partial charge in [-0.15, -0.1) is 11.3 Å². The van der Waals surface area contributed by atoms with Gasteiger partial charge in [-0.05, 0) is 24.6 Å². The lowest BCUT2D eigenvalue weighted by molar-refractivity contribution is -0.115. The van der Waals surface area contributed by atoms with E-state index < -0.39 is 5.97 Å². The van der Waals surface area contributed by atoms with Crippen LogP contribution in [0.2, 0.25) is 0 Å². The molecule has 1 amide bonds. The quantitative estimate of drug-likeness (QED) is 0.738. The number of para-hydroxylation sites is 1. The maximum Gasteiger partial charge on any atom is 0.340 e. The Bertz CT molecular complexity index is 924. The Hall–Kier alpha value is -2.60. The second-order valence-electron chi connectivity index (χ2n) is 5.60. The highest BCUT2D eigenvalue weighted by molar-refractivity contribution is 7.16. The number of hydrogen-bond acceptors (Lipinski definition) is 4. The molecule has 2 aromatic heterocycles. The normalized spacial score (nSPS) is 10.8. The average molecular weight is 342 g/mol. The first-order valence-corrected chi connectivity index (χ1v) is 8.32. The number of carbonyl (C=O) groups is 2. The molecule has 3 rings (SSSR count). The molecular formula is C18H18N2O3S. The third kappa shape index (κ3) is 3.05. The summed E-state index contributed by atoms with van der Waals surface area (Å²) >= 11 is 1.37. The number of benzene rings is 1. The number of thiophene rings is 1. The summed E-state index contributed by atoms with van der Waals surface area (Å²) in [6, 6.07) is 9.69. The van der Waals surface area contributed by atoms with Crippen molar-refractivity contribution in [3.63, 3.8) is 0 Å². The molecule has 0 atom stereocenters. The van der Waals surface area contributed by atoms with Crippen LogP contribution in [0.1, 0.15) is 20.8 Å². The number of esters is 1. The second kappa shape index (κ2) is 6.49. The van der Waals surface area contributed by atoms with Crippen molar-refractivity contribution in [2.24, 2.45) is 7.05 Å². The van der Waals surface area contributed by atoms with Crippen LogP contribution in [0.5, 0.6) is 0 Å². The van der Waals surface area contributed by atoms with Crippen molar-refractivity contribution in [1.29, 1.82) is 0 Å². The van der Waals surface area contributed by atoms with Crippen LogP contribution in [0.4, 0.5) is 5.00 Å². The van der Waals surface area contributed by atoms with Crippen molar-refractivity contribution < 1.29 is 14.3 Å². The van der Waals surface area contributed by atoms with Crippen molar-refractivity contribution in [3.8, 4) is 0 Å². The van der Waals surface area contributed by atoms with Gasteiger partial charge in [-0.25, -0.2) is 4.79 Å².